The molecule has 21 heavy (non-hydrogen) atoms. The number of fused-ring (bicyclic) bond motifs is 1. The number of anilines is 1. The molecule has 0 bridgehead atoms. The number of pyridine rings is 1. The van der Waals surface area contributed by atoms with Gasteiger partial charge in [-0.1, -0.05) is 36.9 Å². The molecular weight excluding hydrogens is 262 g/mol. The number of aliphatic hydroxyl groups excluding tert-OH is 1. The minimum atomic E-state index is 0.145. The Balaban J connectivity index is 2.09. The molecule has 0 aliphatic heterocycles. The summed E-state index contributed by atoms with van der Waals surface area (Å²) in [5.74, 6) is 0.797. The van der Waals surface area contributed by atoms with Crippen molar-refractivity contribution >= 4 is 22.9 Å². The number of aromatic nitrogens is 1. The van der Waals surface area contributed by atoms with Gasteiger partial charge in [0.1, 0.15) is 11.6 Å². The lowest BCUT2D eigenvalue weighted by atomic mass is 10.2. The third-order valence-corrected chi connectivity index (χ3v) is 2.83. The second kappa shape index (κ2) is 7.05. The van der Waals surface area contributed by atoms with E-state index in [9.17, 15) is 5.11 Å². The molecule has 1 aromatic heterocycles. The zero-order valence-corrected chi connectivity index (χ0v) is 11.8. The number of allylic oxidation sites excluding steroid dienone is 4. The largest absolute Gasteiger partial charge is 0.508 e. The Kier molecular flexibility index (Phi) is 4.88. The van der Waals surface area contributed by atoms with E-state index in [1.165, 1.54) is 0 Å². The molecule has 2 rings (SSSR count). The van der Waals surface area contributed by atoms with Crippen molar-refractivity contribution in [3.05, 3.63) is 72.5 Å². The van der Waals surface area contributed by atoms with Gasteiger partial charge in [0.2, 0.25) is 0 Å². The highest BCUT2D eigenvalue weighted by molar-refractivity contribution is 5.81. The van der Waals surface area contributed by atoms with E-state index in [1.54, 1.807) is 31.4 Å². The fraction of sp³-hybridized carbons (Fsp3) is 0.0588. The topological polar surface area (TPSA) is 57.5 Å². The molecule has 0 radical (unpaired) electrons. The summed E-state index contributed by atoms with van der Waals surface area (Å²) in [5, 5.41) is 14.8. The summed E-state index contributed by atoms with van der Waals surface area (Å²) in [7, 11) is 0. The Morgan fingerprint density at radius 3 is 2.90 bits per heavy atom. The first kappa shape index (κ1) is 14.5. The van der Waals surface area contributed by atoms with Crippen molar-refractivity contribution < 1.29 is 5.11 Å². The molecule has 4 heteroatoms. The van der Waals surface area contributed by atoms with Crippen LogP contribution < -0.4 is 5.43 Å². The van der Waals surface area contributed by atoms with Gasteiger partial charge in [-0.05, 0) is 31.2 Å². The first-order valence-corrected chi connectivity index (χ1v) is 6.54. The van der Waals surface area contributed by atoms with Crippen LogP contribution in [0.5, 0.6) is 0 Å². The Bertz CT molecular complexity index is 730. The van der Waals surface area contributed by atoms with Crippen LogP contribution in [-0.4, -0.2) is 16.3 Å². The van der Waals surface area contributed by atoms with E-state index in [2.05, 4.69) is 22.1 Å². The second-order valence-corrected chi connectivity index (χ2v) is 4.42. The van der Waals surface area contributed by atoms with Gasteiger partial charge in [0, 0.05) is 11.0 Å². The first-order valence-electron chi connectivity index (χ1n) is 6.54. The molecule has 0 aliphatic rings. The molecular formula is C17H17N3O. The molecule has 2 N–H and O–H groups in total. The molecule has 1 aromatic carbocycles. The van der Waals surface area contributed by atoms with Gasteiger partial charge in [-0.25, -0.2) is 4.98 Å². The van der Waals surface area contributed by atoms with Crippen molar-refractivity contribution in [3.8, 4) is 0 Å². The zero-order chi connectivity index (χ0) is 15.1. The molecule has 1 heterocycles. The van der Waals surface area contributed by atoms with Crippen LogP contribution >= 0.6 is 0 Å². The van der Waals surface area contributed by atoms with Gasteiger partial charge >= 0.3 is 0 Å². The monoisotopic (exact) mass is 279 g/mol. The van der Waals surface area contributed by atoms with Crippen LogP contribution in [0.4, 0.5) is 5.82 Å². The number of para-hydroxylation sites is 1. The fourth-order valence-electron chi connectivity index (χ4n) is 1.68. The summed E-state index contributed by atoms with van der Waals surface area (Å²) in [6.45, 7) is 5.31. The number of aliphatic hydroxyl groups is 1. The summed E-state index contributed by atoms with van der Waals surface area (Å²) < 4.78 is 0. The van der Waals surface area contributed by atoms with Crippen molar-refractivity contribution in [2.45, 2.75) is 6.92 Å². The quantitative estimate of drug-likeness (QED) is 0.373. The maximum atomic E-state index is 9.70. The molecule has 0 fully saturated rings. The minimum absolute atomic E-state index is 0.145. The SMILES string of the molecule is C=C\C=C/C(O)=C(C)/C=N/Nc1ccc2ccccc2n1. The molecule has 0 saturated heterocycles. The van der Waals surface area contributed by atoms with E-state index in [0.717, 1.165) is 10.9 Å². The average molecular weight is 279 g/mol. The lowest BCUT2D eigenvalue weighted by Crippen LogP contribution is -1.94. The molecule has 0 atom stereocenters. The van der Waals surface area contributed by atoms with Crippen molar-refractivity contribution in [1.29, 1.82) is 0 Å². The first-order chi connectivity index (χ1) is 10.2. The van der Waals surface area contributed by atoms with E-state index in [-0.39, 0.29) is 5.76 Å². The van der Waals surface area contributed by atoms with Crippen molar-refractivity contribution in [1.82, 2.24) is 4.98 Å². The van der Waals surface area contributed by atoms with Gasteiger partial charge in [-0.15, -0.1) is 0 Å². The number of rotatable bonds is 5. The average Bonchev–Trinajstić information content (AvgIpc) is 2.52. The Morgan fingerprint density at radius 2 is 2.10 bits per heavy atom. The molecule has 0 amide bonds. The number of nitrogens with zero attached hydrogens (tertiary/aromatic N) is 2. The van der Waals surface area contributed by atoms with Crippen LogP contribution in [-0.2, 0) is 0 Å². The minimum Gasteiger partial charge on any atom is -0.508 e. The van der Waals surface area contributed by atoms with E-state index >= 15 is 0 Å². The molecule has 0 aliphatic carbocycles. The van der Waals surface area contributed by atoms with Crippen LogP contribution in [0.2, 0.25) is 0 Å². The van der Waals surface area contributed by atoms with Crippen LogP contribution in [0.3, 0.4) is 0 Å². The molecule has 106 valence electrons. The zero-order valence-electron chi connectivity index (χ0n) is 11.8. The summed E-state index contributed by atoms with van der Waals surface area (Å²) in [4.78, 5) is 4.44. The number of hydrogen-bond donors (Lipinski definition) is 2. The Morgan fingerprint density at radius 1 is 1.29 bits per heavy atom. The number of benzene rings is 1. The van der Waals surface area contributed by atoms with Gasteiger partial charge in [0.15, 0.2) is 0 Å². The third-order valence-electron chi connectivity index (χ3n) is 2.83. The predicted octanol–water partition coefficient (Wildman–Crippen LogP) is 4.21. The number of hydrogen-bond acceptors (Lipinski definition) is 4. The highest BCUT2D eigenvalue weighted by Crippen LogP contribution is 2.14. The lowest BCUT2D eigenvalue weighted by Gasteiger charge is -2.02. The van der Waals surface area contributed by atoms with Crippen LogP contribution in [0.15, 0.2) is 77.6 Å². The molecule has 0 unspecified atom stereocenters. The summed E-state index contributed by atoms with van der Waals surface area (Å²) in [5.41, 5.74) is 4.39. The van der Waals surface area contributed by atoms with E-state index < -0.39 is 0 Å². The molecule has 0 saturated carbocycles. The highest BCUT2D eigenvalue weighted by Gasteiger charge is 1.96. The smallest absolute Gasteiger partial charge is 0.146 e. The van der Waals surface area contributed by atoms with E-state index in [0.29, 0.717) is 11.4 Å². The van der Waals surface area contributed by atoms with Crippen LogP contribution in [0, 0.1) is 0 Å². The van der Waals surface area contributed by atoms with E-state index in [1.807, 2.05) is 36.4 Å². The molecule has 2 aromatic rings. The summed E-state index contributed by atoms with van der Waals surface area (Å²) in [6.07, 6.45) is 6.35. The van der Waals surface area contributed by atoms with Crippen molar-refractivity contribution in [2.75, 3.05) is 5.43 Å². The van der Waals surface area contributed by atoms with Gasteiger partial charge in [-0.2, -0.15) is 5.10 Å². The summed E-state index contributed by atoms with van der Waals surface area (Å²) in [6, 6.07) is 11.7. The van der Waals surface area contributed by atoms with Crippen LogP contribution in [0.1, 0.15) is 6.92 Å². The summed E-state index contributed by atoms with van der Waals surface area (Å²) >= 11 is 0. The van der Waals surface area contributed by atoms with Gasteiger partial charge in [0.05, 0.1) is 11.7 Å². The van der Waals surface area contributed by atoms with Gasteiger partial charge in [-0.3, -0.25) is 5.43 Å². The third kappa shape index (κ3) is 4.04. The fourth-order valence-corrected chi connectivity index (χ4v) is 1.68. The number of hydrazone groups is 1. The standard InChI is InChI=1S/C17H17N3O/c1-3-4-9-16(21)13(2)12-18-20-17-11-10-14-7-5-6-8-15(14)19-17/h3-12,21H,1H2,2H3,(H,19,20)/b9-4-,16-13-,18-12+. The predicted molar refractivity (Wildman–Crippen MR) is 88.5 cm³/mol. The van der Waals surface area contributed by atoms with Gasteiger partial charge < -0.3 is 5.11 Å². The second-order valence-electron chi connectivity index (χ2n) is 4.42. The maximum absolute atomic E-state index is 9.70. The normalized spacial score (nSPS) is 12.8. The molecule has 0 spiro atoms. The highest BCUT2D eigenvalue weighted by atomic mass is 16.3. The van der Waals surface area contributed by atoms with Crippen molar-refractivity contribution in [2.24, 2.45) is 5.10 Å². The molecule has 4 nitrogen and oxygen atoms in total. The van der Waals surface area contributed by atoms with Crippen LogP contribution in [0.25, 0.3) is 10.9 Å². The van der Waals surface area contributed by atoms with E-state index in [4.69, 9.17) is 0 Å². The Labute approximate surface area is 123 Å². The lowest BCUT2D eigenvalue weighted by molar-refractivity contribution is 0.429. The van der Waals surface area contributed by atoms with Gasteiger partial charge in [0.25, 0.3) is 0 Å². The van der Waals surface area contributed by atoms with Crippen molar-refractivity contribution in [3.63, 3.8) is 0 Å². The Hall–Kier alpha value is -2.88. The number of nitrogens with one attached hydrogen (secondary N) is 1. The maximum Gasteiger partial charge on any atom is 0.146 e.